The molecule has 0 bridgehead atoms. The zero-order valence-electron chi connectivity index (χ0n) is 33.2. The van der Waals surface area contributed by atoms with Gasteiger partial charge in [-0.1, -0.05) is 160 Å². The van der Waals surface area contributed by atoms with Crippen molar-refractivity contribution in [3.63, 3.8) is 0 Å². The fraction of sp³-hybridized carbons (Fsp3) is 0.651. The van der Waals surface area contributed by atoms with Crippen LogP contribution in [0.25, 0.3) is 0 Å². The highest BCUT2D eigenvalue weighted by molar-refractivity contribution is 6.99. The summed E-state index contributed by atoms with van der Waals surface area (Å²) in [5.74, 6) is 0.109. The number of methoxy groups -OCH3 is 1. The molecular weight excluding hydrogens is 653 g/mol. The van der Waals surface area contributed by atoms with Gasteiger partial charge in [0.15, 0.2) is 8.32 Å². The molecule has 0 amide bonds. The fourth-order valence-electron chi connectivity index (χ4n) is 7.50. The maximum atomic E-state index is 11.6. The van der Waals surface area contributed by atoms with Gasteiger partial charge in [0.2, 0.25) is 0 Å². The van der Waals surface area contributed by atoms with Crippen LogP contribution >= 0.6 is 0 Å². The van der Waals surface area contributed by atoms with Gasteiger partial charge in [-0.2, -0.15) is 0 Å². The van der Waals surface area contributed by atoms with Crippen LogP contribution in [0.4, 0.5) is 0 Å². The number of hydrogen-bond donors (Lipinski definition) is 1. The summed E-state index contributed by atoms with van der Waals surface area (Å²) in [7, 11) is -3.39. The number of aliphatic hydroxyl groups is 1. The summed E-state index contributed by atoms with van der Waals surface area (Å²) in [6, 6.07) is 21.9. The molecule has 0 spiro atoms. The third-order valence-corrected chi connectivity index (χ3v) is 21.0. The van der Waals surface area contributed by atoms with Crippen LogP contribution < -0.4 is 10.4 Å². The average Bonchev–Trinajstić information content (AvgIpc) is 3.35. The van der Waals surface area contributed by atoms with Gasteiger partial charge in [0.1, 0.15) is 0 Å². The predicted molar refractivity (Wildman–Crippen MR) is 215 cm³/mol. The second-order valence-corrected chi connectivity index (χ2v) is 26.2. The SMILES string of the molecule is CCCCC[C@@H](/C=C/[C@@H]1[C@@H](CCCCCCC(=O)OC)[C@@H](O)C[C@H]1O[Si](C)(C)C(C)(C)C)O[Si](c1ccccc1)(c1ccccc1)C(C)(C)C. The van der Waals surface area contributed by atoms with Crippen molar-refractivity contribution < 1.29 is 23.5 Å². The summed E-state index contributed by atoms with van der Waals surface area (Å²) < 4.78 is 19.7. The molecule has 7 heteroatoms. The van der Waals surface area contributed by atoms with Gasteiger partial charge in [-0.3, -0.25) is 4.79 Å². The van der Waals surface area contributed by atoms with E-state index in [4.69, 9.17) is 13.6 Å². The van der Waals surface area contributed by atoms with E-state index in [2.05, 4.69) is 134 Å². The monoisotopic (exact) mass is 722 g/mol. The van der Waals surface area contributed by atoms with Gasteiger partial charge in [-0.15, -0.1) is 0 Å². The van der Waals surface area contributed by atoms with Crippen LogP contribution in [0.15, 0.2) is 72.8 Å². The van der Waals surface area contributed by atoms with Crippen molar-refractivity contribution >= 4 is 33.0 Å². The van der Waals surface area contributed by atoms with Crippen molar-refractivity contribution in [1.29, 1.82) is 0 Å². The first-order valence-electron chi connectivity index (χ1n) is 19.5. The van der Waals surface area contributed by atoms with Gasteiger partial charge < -0.3 is 18.7 Å². The molecular formula is C43H70O5Si2. The molecule has 3 rings (SSSR count). The van der Waals surface area contributed by atoms with Crippen molar-refractivity contribution in [2.24, 2.45) is 11.8 Å². The largest absolute Gasteiger partial charge is 0.469 e. The molecule has 280 valence electrons. The third kappa shape index (κ3) is 11.2. The highest BCUT2D eigenvalue weighted by Gasteiger charge is 2.51. The molecule has 0 aliphatic heterocycles. The summed E-state index contributed by atoms with van der Waals surface area (Å²) in [6.07, 6.45) is 14.7. The predicted octanol–water partition coefficient (Wildman–Crippen LogP) is 9.97. The molecule has 0 radical (unpaired) electrons. The molecule has 0 unspecified atom stereocenters. The highest BCUT2D eigenvalue weighted by atomic mass is 28.4. The second kappa shape index (κ2) is 19.2. The van der Waals surface area contributed by atoms with Crippen LogP contribution in [0.5, 0.6) is 0 Å². The zero-order chi connectivity index (χ0) is 37.0. The van der Waals surface area contributed by atoms with Gasteiger partial charge in [-0.25, -0.2) is 0 Å². The number of carbonyl (C=O) groups is 1. The Kier molecular flexibility index (Phi) is 16.2. The average molecular weight is 723 g/mol. The van der Waals surface area contributed by atoms with Gasteiger partial charge in [0.25, 0.3) is 8.32 Å². The molecule has 1 saturated carbocycles. The van der Waals surface area contributed by atoms with Crippen molar-refractivity contribution in [2.75, 3.05) is 7.11 Å². The molecule has 2 aromatic rings. The minimum atomic E-state index is -2.76. The van der Waals surface area contributed by atoms with Crippen molar-refractivity contribution in [2.45, 2.75) is 161 Å². The van der Waals surface area contributed by atoms with Crippen molar-refractivity contribution in [3.05, 3.63) is 72.8 Å². The van der Waals surface area contributed by atoms with E-state index in [1.807, 2.05) is 0 Å². The normalized spacial score (nSPS) is 21.1. The van der Waals surface area contributed by atoms with E-state index in [-0.39, 0.29) is 40.1 Å². The minimum absolute atomic E-state index is 0.0179. The van der Waals surface area contributed by atoms with Crippen LogP contribution in [0.1, 0.15) is 119 Å². The number of ether oxygens (including phenoxy) is 1. The summed E-state index contributed by atoms with van der Waals surface area (Å²) in [5, 5.41) is 14.2. The van der Waals surface area contributed by atoms with Crippen molar-refractivity contribution in [3.8, 4) is 0 Å². The van der Waals surface area contributed by atoms with E-state index in [9.17, 15) is 9.90 Å². The lowest BCUT2D eigenvalue weighted by molar-refractivity contribution is -0.140. The number of esters is 1. The number of unbranched alkanes of at least 4 members (excludes halogenated alkanes) is 5. The Hall–Kier alpha value is -2.04. The summed E-state index contributed by atoms with van der Waals surface area (Å²) >= 11 is 0. The maximum absolute atomic E-state index is 11.6. The lowest BCUT2D eigenvalue weighted by Crippen LogP contribution is -2.67. The molecule has 1 fully saturated rings. The molecule has 2 aromatic carbocycles. The third-order valence-electron chi connectivity index (χ3n) is 11.4. The lowest BCUT2D eigenvalue weighted by atomic mass is 9.88. The first kappa shape index (κ1) is 42.4. The number of benzene rings is 2. The number of hydrogen-bond acceptors (Lipinski definition) is 5. The van der Waals surface area contributed by atoms with E-state index in [0.717, 1.165) is 51.4 Å². The fourth-order valence-corrected chi connectivity index (χ4v) is 13.5. The Morgan fingerprint density at radius 2 is 1.44 bits per heavy atom. The Labute approximate surface area is 307 Å². The summed E-state index contributed by atoms with van der Waals surface area (Å²) in [5.41, 5.74) is 0. The van der Waals surface area contributed by atoms with Crippen molar-refractivity contribution in [1.82, 2.24) is 0 Å². The Morgan fingerprint density at radius 1 is 0.860 bits per heavy atom. The molecule has 1 N–H and O–H groups in total. The summed E-state index contributed by atoms with van der Waals surface area (Å²) in [4.78, 5) is 11.6. The number of carbonyl (C=O) groups excluding carboxylic acids is 1. The molecule has 1 aliphatic carbocycles. The molecule has 0 heterocycles. The maximum Gasteiger partial charge on any atom is 0.305 e. The second-order valence-electron chi connectivity index (χ2n) is 17.2. The lowest BCUT2D eigenvalue weighted by Gasteiger charge is -2.45. The molecule has 0 aromatic heterocycles. The van der Waals surface area contributed by atoms with Gasteiger partial charge in [-0.05, 0) is 65.1 Å². The first-order valence-corrected chi connectivity index (χ1v) is 24.3. The molecule has 0 saturated heterocycles. The van der Waals surface area contributed by atoms with E-state index < -0.39 is 22.7 Å². The first-order chi connectivity index (χ1) is 23.6. The van der Waals surface area contributed by atoms with Crippen LogP contribution in [-0.2, 0) is 18.4 Å². The molecule has 5 atom stereocenters. The minimum Gasteiger partial charge on any atom is -0.469 e. The summed E-state index contributed by atoms with van der Waals surface area (Å²) in [6.45, 7) is 20.9. The topological polar surface area (TPSA) is 65.0 Å². The number of rotatable bonds is 19. The van der Waals surface area contributed by atoms with Gasteiger partial charge >= 0.3 is 5.97 Å². The zero-order valence-corrected chi connectivity index (χ0v) is 35.2. The van der Waals surface area contributed by atoms with Crippen LogP contribution in [-0.4, -0.2) is 53.1 Å². The Balaban J connectivity index is 2.00. The number of aliphatic hydroxyl groups excluding tert-OH is 1. The smallest absolute Gasteiger partial charge is 0.305 e. The Bertz CT molecular complexity index is 1260. The highest BCUT2D eigenvalue weighted by Crippen LogP contribution is 2.45. The molecule has 1 aliphatic rings. The molecule has 5 nitrogen and oxygen atoms in total. The van der Waals surface area contributed by atoms with Gasteiger partial charge in [0.05, 0.1) is 25.4 Å². The van der Waals surface area contributed by atoms with E-state index in [1.165, 1.54) is 23.9 Å². The van der Waals surface area contributed by atoms with Gasteiger partial charge in [0, 0.05) is 12.3 Å². The van der Waals surface area contributed by atoms with Crippen LogP contribution in [0.3, 0.4) is 0 Å². The molecule has 50 heavy (non-hydrogen) atoms. The quantitative estimate of drug-likeness (QED) is 0.0677. The van der Waals surface area contributed by atoms with E-state index in [0.29, 0.717) is 12.8 Å². The van der Waals surface area contributed by atoms with Crippen LogP contribution in [0.2, 0.25) is 23.2 Å². The Morgan fingerprint density at radius 3 is 1.96 bits per heavy atom. The van der Waals surface area contributed by atoms with Crippen LogP contribution in [0, 0.1) is 11.8 Å². The van der Waals surface area contributed by atoms with E-state index >= 15 is 0 Å². The standard InChI is InChI=1S/C43H70O5Si2/c1-11-12-17-24-34(47-50(43(5,6)7,35-25-18-15-19-26-35)36-27-20-16-21-28-36)31-32-38-37(29-22-13-14-23-30-41(45)46-8)39(44)33-40(38)48-49(9,10)42(2,3)4/h15-16,18-21,25-28,31-32,34,37-40,44H,11-14,17,22-24,29-30,33H2,1-10H3/b32-31+/t34-,37+,38+,39-,40+/m0/s1. The van der Waals surface area contributed by atoms with E-state index in [1.54, 1.807) is 0 Å².